The van der Waals surface area contributed by atoms with Gasteiger partial charge in [-0.1, -0.05) is 13.8 Å². The predicted octanol–water partition coefficient (Wildman–Crippen LogP) is 2.38. The first-order valence-corrected chi connectivity index (χ1v) is 10.8. The fourth-order valence-electron chi connectivity index (χ4n) is 3.31. The number of carbonyl (C=O) groups excluding carboxylic acids is 1. The third kappa shape index (κ3) is 5.72. The van der Waals surface area contributed by atoms with Gasteiger partial charge in [0, 0.05) is 51.5 Å². The van der Waals surface area contributed by atoms with Gasteiger partial charge in [0.25, 0.3) is 5.91 Å². The standard InChI is InChI=1S/C20H30N6OS/c1-15(2)14-17-24-16(3)18(28-17)19(27)21-8-5-9-25-10-12-26(13-11-25)20-22-6-4-7-23-20/h4,6-7,15H,5,8-14H2,1-3H3,(H,21,27). The number of hydrogen-bond acceptors (Lipinski definition) is 7. The highest BCUT2D eigenvalue weighted by Gasteiger charge is 2.19. The van der Waals surface area contributed by atoms with Crippen LogP contribution in [0.15, 0.2) is 18.5 Å². The number of thiazole rings is 1. The molecule has 0 aromatic carbocycles. The maximum absolute atomic E-state index is 12.4. The Labute approximate surface area is 171 Å². The van der Waals surface area contributed by atoms with E-state index in [-0.39, 0.29) is 5.91 Å². The zero-order chi connectivity index (χ0) is 19.9. The maximum atomic E-state index is 12.4. The molecule has 2 aromatic rings. The van der Waals surface area contributed by atoms with Crippen LogP contribution in [0.1, 0.15) is 40.6 Å². The second-order valence-electron chi connectivity index (χ2n) is 7.61. The summed E-state index contributed by atoms with van der Waals surface area (Å²) in [6, 6.07) is 1.84. The molecule has 0 aliphatic carbocycles. The van der Waals surface area contributed by atoms with Crippen LogP contribution in [0.25, 0.3) is 0 Å². The third-order valence-electron chi connectivity index (χ3n) is 4.77. The lowest BCUT2D eigenvalue weighted by atomic mass is 10.1. The molecule has 1 aliphatic heterocycles. The lowest BCUT2D eigenvalue weighted by Gasteiger charge is -2.34. The normalized spacial score (nSPS) is 15.2. The average molecular weight is 403 g/mol. The maximum Gasteiger partial charge on any atom is 0.263 e. The SMILES string of the molecule is Cc1nc(CC(C)C)sc1C(=O)NCCCN1CCN(c2ncccn2)CC1. The highest BCUT2D eigenvalue weighted by molar-refractivity contribution is 7.13. The van der Waals surface area contributed by atoms with Gasteiger partial charge in [-0.05, 0) is 31.9 Å². The van der Waals surface area contributed by atoms with Crippen molar-refractivity contribution in [1.82, 2.24) is 25.2 Å². The first kappa shape index (κ1) is 20.7. The molecule has 0 saturated carbocycles. The van der Waals surface area contributed by atoms with Gasteiger partial charge >= 0.3 is 0 Å². The molecule has 3 rings (SSSR count). The second-order valence-corrected chi connectivity index (χ2v) is 8.69. The molecule has 1 amide bonds. The molecule has 1 saturated heterocycles. The fraction of sp³-hybridized carbons (Fsp3) is 0.600. The van der Waals surface area contributed by atoms with E-state index in [0.29, 0.717) is 12.5 Å². The Morgan fingerprint density at radius 2 is 1.93 bits per heavy atom. The third-order valence-corrected chi connectivity index (χ3v) is 5.95. The Morgan fingerprint density at radius 3 is 2.61 bits per heavy atom. The van der Waals surface area contributed by atoms with E-state index in [1.54, 1.807) is 12.4 Å². The van der Waals surface area contributed by atoms with E-state index in [1.807, 2.05) is 13.0 Å². The van der Waals surface area contributed by atoms with Gasteiger partial charge in [0.15, 0.2) is 0 Å². The molecule has 8 heteroatoms. The summed E-state index contributed by atoms with van der Waals surface area (Å²) in [5.74, 6) is 1.37. The van der Waals surface area contributed by atoms with Gasteiger partial charge in [-0.25, -0.2) is 15.0 Å². The van der Waals surface area contributed by atoms with E-state index in [0.717, 1.165) is 67.1 Å². The van der Waals surface area contributed by atoms with Crippen molar-refractivity contribution in [2.75, 3.05) is 44.2 Å². The van der Waals surface area contributed by atoms with Crippen LogP contribution < -0.4 is 10.2 Å². The average Bonchev–Trinajstić information content (AvgIpc) is 3.05. The molecule has 0 radical (unpaired) electrons. The minimum Gasteiger partial charge on any atom is -0.351 e. The number of nitrogens with zero attached hydrogens (tertiary/aromatic N) is 5. The van der Waals surface area contributed by atoms with Crippen LogP contribution in [0, 0.1) is 12.8 Å². The molecule has 152 valence electrons. The smallest absolute Gasteiger partial charge is 0.263 e. The fourth-order valence-corrected chi connectivity index (χ4v) is 4.50. The first-order chi connectivity index (χ1) is 13.5. The molecule has 0 unspecified atom stereocenters. The van der Waals surface area contributed by atoms with Gasteiger partial charge in [-0.3, -0.25) is 9.69 Å². The van der Waals surface area contributed by atoms with E-state index in [1.165, 1.54) is 11.3 Å². The number of amides is 1. The highest BCUT2D eigenvalue weighted by Crippen LogP contribution is 2.20. The monoisotopic (exact) mass is 402 g/mol. The van der Waals surface area contributed by atoms with Gasteiger partial charge in [0.05, 0.1) is 10.7 Å². The molecule has 28 heavy (non-hydrogen) atoms. The summed E-state index contributed by atoms with van der Waals surface area (Å²) in [5, 5.41) is 4.11. The van der Waals surface area contributed by atoms with Crippen LogP contribution in [-0.2, 0) is 6.42 Å². The summed E-state index contributed by atoms with van der Waals surface area (Å²) in [6.45, 7) is 11.8. The van der Waals surface area contributed by atoms with Crippen LogP contribution in [0.4, 0.5) is 5.95 Å². The van der Waals surface area contributed by atoms with E-state index >= 15 is 0 Å². The zero-order valence-electron chi connectivity index (χ0n) is 17.0. The van der Waals surface area contributed by atoms with Crippen LogP contribution >= 0.6 is 11.3 Å². The van der Waals surface area contributed by atoms with Crippen molar-refractivity contribution in [1.29, 1.82) is 0 Å². The summed E-state index contributed by atoms with van der Waals surface area (Å²) in [5.41, 5.74) is 0.845. The molecule has 1 aliphatic rings. The van der Waals surface area contributed by atoms with Crippen molar-refractivity contribution in [3.8, 4) is 0 Å². The number of aryl methyl sites for hydroxylation is 1. The van der Waals surface area contributed by atoms with Crippen LogP contribution in [0.2, 0.25) is 0 Å². The number of aromatic nitrogens is 3. The Morgan fingerprint density at radius 1 is 1.21 bits per heavy atom. The largest absolute Gasteiger partial charge is 0.351 e. The number of anilines is 1. The van der Waals surface area contributed by atoms with Crippen LogP contribution in [-0.4, -0.2) is 65.0 Å². The van der Waals surface area contributed by atoms with E-state index in [9.17, 15) is 4.79 Å². The Balaban J connectivity index is 1.36. The summed E-state index contributed by atoms with van der Waals surface area (Å²) < 4.78 is 0. The summed E-state index contributed by atoms with van der Waals surface area (Å²) in [6.07, 6.45) is 5.45. The lowest BCUT2D eigenvalue weighted by Crippen LogP contribution is -2.47. The predicted molar refractivity (Wildman–Crippen MR) is 113 cm³/mol. The number of rotatable bonds is 8. The molecule has 0 bridgehead atoms. The number of piperazine rings is 1. The van der Waals surface area contributed by atoms with Crippen molar-refractivity contribution < 1.29 is 4.79 Å². The quantitative estimate of drug-likeness (QED) is 0.684. The molecular formula is C20H30N6OS. The van der Waals surface area contributed by atoms with Crippen molar-refractivity contribution in [3.05, 3.63) is 34.0 Å². The Bertz CT molecular complexity index is 755. The number of nitrogens with one attached hydrogen (secondary N) is 1. The minimum absolute atomic E-state index is 0.0102. The van der Waals surface area contributed by atoms with Crippen LogP contribution in [0.5, 0.6) is 0 Å². The molecule has 3 heterocycles. The topological polar surface area (TPSA) is 74.2 Å². The van der Waals surface area contributed by atoms with Crippen molar-refractivity contribution >= 4 is 23.2 Å². The van der Waals surface area contributed by atoms with Crippen molar-refractivity contribution in [2.45, 2.75) is 33.6 Å². The molecule has 1 fully saturated rings. The molecule has 2 aromatic heterocycles. The molecule has 1 N–H and O–H groups in total. The van der Waals surface area contributed by atoms with Crippen molar-refractivity contribution in [3.63, 3.8) is 0 Å². The number of hydrogen-bond donors (Lipinski definition) is 1. The summed E-state index contributed by atoms with van der Waals surface area (Å²) >= 11 is 1.53. The number of carbonyl (C=O) groups is 1. The summed E-state index contributed by atoms with van der Waals surface area (Å²) in [7, 11) is 0. The molecular weight excluding hydrogens is 372 g/mol. The van der Waals surface area contributed by atoms with E-state index < -0.39 is 0 Å². The Hall–Kier alpha value is -2.06. The van der Waals surface area contributed by atoms with Gasteiger partial charge in [-0.15, -0.1) is 11.3 Å². The zero-order valence-corrected chi connectivity index (χ0v) is 17.8. The van der Waals surface area contributed by atoms with Gasteiger partial charge in [0.1, 0.15) is 4.88 Å². The van der Waals surface area contributed by atoms with E-state index in [4.69, 9.17) is 0 Å². The second kappa shape index (κ2) is 9.93. The molecule has 7 nitrogen and oxygen atoms in total. The van der Waals surface area contributed by atoms with Crippen molar-refractivity contribution in [2.24, 2.45) is 5.92 Å². The summed E-state index contributed by atoms with van der Waals surface area (Å²) in [4.78, 5) is 31.0. The molecule has 0 atom stereocenters. The minimum atomic E-state index is 0.0102. The Kier molecular flexibility index (Phi) is 7.33. The lowest BCUT2D eigenvalue weighted by molar-refractivity contribution is 0.0954. The van der Waals surface area contributed by atoms with Crippen LogP contribution in [0.3, 0.4) is 0 Å². The van der Waals surface area contributed by atoms with Gasteiger partial charge in [-0.2, -0.15) is 0 Å². The highest BCUT2D eigenvalue weighted by atomic mass is 32.1. The molecule has 0 spiro atoms. The van der Waals surface area contributed by atoms with E-state index in [2.05, 4.69) is 43.9 Å². The van der Waals surface area contributed by atoms with Gasteiger partial charge in [0.2, 0.25) is 5.95 Å². The first-order valence-electron chi connectivity index (χ1n) is 10.0. The van der Waals surface area contributed by atoms with Gasteiger partial charge < -0.3 is 10.2 Å².